The van der Waals surface area contributed by atoms with Crippen molar-refractivity contribution in [2.45, 2.75) is 44.8 Å². The van der Waals surface area contributed by atoms with Gasteiger partial charge in [-0.1, -0.05) is 12.1 Å². The number of hydrogen-bond donors (Lipinski definition) is 2. The van der Waals surface area contributed by atoms with Crippen LogP contribution in [0.2, 0.25) is 0 Å². The minimum Gasteiger partial charge on any atom is -0.480 e. The van der Waals surface area contributed by atoms with E-state index < -0.39 is 11.9 Å². The Morgan fingerprint density at radius 1 is 1.13 bits per heavy atom. The molecule has 1 fully saturated rings. The number of methoxy groups -OCH3 is 1. The van der Waals surface area contributed by atoms with Gasteiger partial charge in [0.1, 0.15) is 23.5 Å². The van der Waals surface area contributed by atoms with Crippen molar-refractivity contribution >= 4 is 11.6 Å². The fraction of sp³-hybridized carbons (Fsp3) is 0.346. The first-order valence-electron chi connectivity index (χ1n) is 12.3. The molecule has 0 unspecified atom stereocenters. The lowest BCUT2D eigenvalue weighted by Crippen LogP contribution is -2.09. The predicted octanol–water partition coefficient (Wildman–Crippen LogP) is 4.91. The van der Waals surface area contributed by atoms with E-state index in [1.807, 2.05) is 12.1 Å². The number of alkyl halides is 3. The molecule has 1 aliphatic carbocycles. The van der Waals surface area contributed by atoms with Crippen LogP contribution in [0.25, 0.3) is 17.1 Å². The van der Waals surface area contributed by atoms with Gasteiger partial charge < -0.3 is 15.4 Å². The average Bonchev–Trinajstić information content (AvgIpc) is 3.51. The second-order valence-corrected chi connectivity index (χ2v) is 9.42. The van der Waals surface area contributed by atoms with Crippen LogP contribution in [0.4, 0.5) is 24.8 Å². The highest BCUT2D eigenvalue weighted by atomic mass is 19.4. The van der Waals surface area contributed by atoms with Gasteiger partial charge in [-0.3, -0.25) is 0 Å². The Bertz CT molecular complexity index is 1500. The van der Waals surface area contributed by atoms with Crippen molar-refractivity contribution in [1.29, 1.82) is 0 Å². The number of fused-ring (bicyclic) bond motifs is 1. The van der Waals surface area contributed by atoms with Gasteiger partial charge in [-0.2, -0.15) is 18.3 Å². The first-order valence-corrected chi connectivity index (χ1v) is 12.3. The molecule has 1 aliphatic heterocycles. The van der Waals surface area contributed by atoms with E-state index in [2.05, 4.69) is 25.7 Å². The summed E-state index contributed by atoms with van der Waals surface area (Å²) >= 11 is 0. The first kappa shape index (κ1) is 24.1. The highest BCUT2D eigenvalue weighted by molar-refractivity contribution is 5.72. The zero-order chi connectivity index (χ0) is 26.4. The molecule has 0 bridgehead atoms. The number of anilines is 2. The number of rotatable bonds is 7. The summed E-state index contributed by atoms with van der Waals surface area (Å²) in [6.45, 7) is 2.82. The molecule has 1 saturated carbocycles. The fourth-order valence-electron chi connectivity index (χ4n) is 4.66. The summed E-state index contributed by atoms with van der Waals surface area (Å²) in [5, 5.41) is 10.5. The molecule has 0 saturated heterocycles. The van der Waals surface area contributed by atoms with Crippen molar-refractivity contribution < 1.29 is 17.9 Å². The van der Waals surface area contributed by atoms with Gasteiger partial charge in [0.05, 0.1) is 18.5 Å². The van der Waals surface area contributed by atoms with Gasteiger partial charge in [0.2, 0.25) is 5.88 Å². The van der Waals surface area contributed by atoms with Crippen LogP contribution in [0.15, 0.2) is 36.7 Å². The van der Waals surface area contributed by atoms with Gasteiger partial charge in [-0.25, -0.2) is 24.6 Å². The first-order chi connectivity index (χ1) is 18.3. The number of benzene rings is 1. The minimum absolute atomic E-state index is 0.354. The van der Waals surface area contributed by atoms with Crippen molar-refractivity contribution in [3.8, 4) is 23.0 Å². The lowest BCUT2D eigenvalue weighted by atomic mass is 10.1. The summed E-state index contributed by atoms with van der Waals surface area (Å²) in [6.07, 6.45) is -0.0607. The number of ether oxygens (including phenoxy) is 1. The van der Waals surface area contributed by atoms with E-state index in [0.717, 1.165) is 54.5 Å². The molecule has 2 aliphatic rings. The third-order valence-electron chi connectivity index (χ3n) is 6.72. The third kappa shape index (κ3) is 4.50. The molecule has 4 aromatic rings. The van der Waals surface area contributed by atoms with Crippen molar-refractivity contribution in [2.24, 2.45) is 0 Å². The molecule has 196 valence electrons. The van der Waals surface area contributed by atoms with Crippen LogP contribution >= 0.6 is 0 Å². The Balaban J connectivity index is 1.27. The molecule has 0 radical (unpaired) electrons. The number of aromatic nitrogens is 6. The zero-order valence-electron chi connectivity index (χ0n) is 20.8. The molecule has 1 aromatic carbocycles. The van der Waals surface area contributed by atoms with Crippen LogP contribution in [0.5, 0.6) is 5.88 Å². The van der Waals surface area contributed by atoms with Crippen molar-refractivity contribution in [3.63, 3.8) is 0 Å². The summed E-state index contributed by atoms with van der Waals surface area (Å²) in [7, 11) is 1.58. The second kappa shape index (κ2) is 9.26. The quantitative estimate of drug-likeness (QED) is 0.353. The Hall–Kier alpha value is -4.22. The highest BCUT2D eigenvalue weighted by Gasteiger charge is 2.35. The van der Waals surface area contributed by atoms with E-state index in [1.54, 1.807) is 26.2 Å². The van der Waals surface area contributed by atoms with E-state index in [4.69, 9.17) is 14.7 Å². The molecule has 38 heavy (non-hydrogen) atoms. The van der Waals surface area contributed by atoms with Gasteiger partial charge in [-0.15, -0.1) is 0 Å². The maximum absolute atomic E-state index is 13.0. The van der Waals surface area contributed by atoms with Crippen LogP contribution in [0.1, 0.15) is 47.0 Å². The zero-order valence-corrected chi connectivity index (χ0v) is 20.8. The highest BCUT2D eigenvalue weighted by Crippen LogP contribution is 2.45. The largest absolute Gasteiger partial charge is 0.480 e. The number of nitrogens with one attached hydrogen (secondary N) is 2. The number of halogens is 3. The summed E-state index contributed by atoms with van der Waals surface area (Å²) < 4.78 is 46.0. The topological polar surface area (TPSA) is 103 Å². The van der Waals surface area contributed by atoms with Gasteiger partial charge >= 0.3 is 6.18 Å². The molecule has 0 spiro atoms. The maximum atomic E-state index is 13.0. The number of hydrogen-bond acceptors (Lipinski definition) is 8. The summed E-state index contributed by atoms with van der Waals surface area (Å²) in [5.41, 5.74) is 3.61. The molecule has 0 atom stereocenters. The van der Waals surface area contributed by atoms with Crippen molar-refractivity contribution in [3.05, 3.63) is 64.9 Å². The van der Waals surface area contributed by atoms with E-state index in [1.165, 1.54) is 11.0 Å². The molecule has 12 heteroatoms. The van der Waals surface area contributed by atoms with E-state index in [0.29, 0.717) is 46.9 Å². The maximum Gasteiger partial charge on any atom is 0.435 e. The van der Waals surface area contributed by atoms with E-state index in [9.17, 15) is 13.2 Å². The van der Waals surface area contributed by atoms with E-state index >= 15 is 0 Å². The molecule has 0 amide bonds. The minimum atomic E-state index is -4.49. The molecule has 2 N–H and O–H groups in total. The summed E-state index contributed by atoms with van der Waals surface area (Å²) in [5.74, 6) is 2.79. The average molecular weight is 523 g/mol. The lowest BCUT2D eigenvalue weighted by molar-refractivity contribution is -0.141. The van der Waals surface area contributed by atoms with Gasteiger partial charge in [0, 0.05) is 30.3 Å². The van der Waals surface area contributed by atoms with Gasteiger partial charge in [0.25, 0.3) is 0 Å². The lowest BCUT2D eigenvalue weighted by Gasteiger charge is -2.15. The second-order valence-electron chi connectivity index (χ2n) is 9.42. The van der Waals surface area contributed by atoms with Gasteiger partial charge in [0.15, 0.2) is 11.5 Å². The summed E-state index contributed by atoms with van der Waals surface area (Å²) in [4.78, 5) is 18.5. The third-order valence-corrected chi connectivity index (χ3v) is 6.72. The molecular weight excluding hydrogens is 497 g/mol. The summed E-state index contributed by atoms with van der Waals surface area (Å²) in [6, 6.07) is 8.26. The van der Waals surface area contributed by atoms with Crippen molar-refractivity contribution in [1.82, 2.24) is 29.7 Å². The van der Waals surface area contributed by atoms with Crippen LogP contribution < -0.4 is 15.4 Å². The number of aryl methyl sites for hydroxylation is 1. The molecule has 9 nitrogen and oxygen atoms in total. The van der Waals surface area contributed by atoms with Crippen molar-refractivity contribution in [2.75, 3.05) is 24.3 Å². The monoisotopic (exact) mass is 522 g/mol. The normalized spacial score (nSPS) is 14.8. The molecule has 6 rings (SSSR count). The Labute approximate surface area is 216 Å². The molecule has 4 heterocycles. The smallest absolute Gasteiger partial charge is 0.435 e. The van der Waals surface area contributed by atoms with Crippen LogP contribution in [0, 0.1) is 6.92 Å². The Morgan fingerprint density at radius 2 is 1.92 bits per heavy atom. The SMILES string of the molecule is COc1ncnc(C2CC2)c1-c1nc2c(c(NCc3ccc(-n4nc(C(F)(F)F)cc4C)cc3)n1)CCN2. The molecular formula is C26H25F3N8O. The Kier molecular flexibility index (Phi) is 5.88. The Morgan fingerprint density at radius 3 is 2.61 bits per heavy atom. The standard InChI is InChI=1S/C26H25F3N8O/c1-14-11-19(26(27,28)29)36-37(14)17-7-3-15(4-8-17)12-31-23-18-9-10-30-22(18)34-24(35-23)20-21(16-5-6-16)32-13-33-25(20)38-2/h3-4,7-8,11,13,16H,5-6,9-10,12H2,1-2H3,(H2,30,31,34,35). The number of nitrogens with zero attached hydrogens (tertiary/aromatic N) is 6. The van der Waals surface area contributed by atoms with Crippen LogP contribution in [0.3, 0.4) is 0 Å². The van der Waals surface area contributed by atoms with Gasteiger partial charge in [-0.05, 0) is 49.9 Å². The fourth-order valence-corrected chi connectivity index (χ4v) is 4.66. The molecule has 3 aromatic heterocycles. The van der Waals surface area contributed by atoms with Crippen LogP contribution in [-0.4, -0.2) is 43.4 Å². The predicted molar refractivity (Wildman–Crippen MR) is 134 cm³/mol. The van der Waals surface area contributed by atoms with Crippen LogP contribution in [-0.2, 0) is 19.1 Å². The van der Waals surface area contributed by atoms with E-state index in [-0.39, 0.29) is 0 Å².